The molecule has 0 fully saturated rings. The van der Waals surface area contributed by atoms with Crippen LogP contribution in [0.4, 0.5) is 0 Å². The molecule has 0 heterocycles. The highest BCUT2D eigenvalue weighted by atomic mass is 16.5. The van der Waals surface area contributed by atoms with Gasteiger partial charge in [-0.15, -0.1) is 0 Å². The van der Waals surface area contributed by atoms with Gasteiger partial charge < -0.3 is 9.64 Å². The Balaban J connectivity index is 3.26. The first-order valence-corrected chi connectivity index (χ1v) is 8.10. The second kappa shape index (κ2) is 9.06. The summed E-state index contributed by atoms with van der Waals surface area (Å²) >= 11 is 0. The third-order valence-electron chi connectivity index (χ3n) is 4.08. The second-order valence-electron chi connectivity index (χ2n) is 6.78. The van der Waals surface area contributed by atoms with Crippen LogP contribution in [0.15, 0.2) is 30.3 Å². The van der Waals surface area contributed by atoms with E-state index in [-0.39, 0.29) is 0 Å². The molecule has 1 aromatic rings. The summed E-state index contributed by atoms with van der Waals surface area (Å²) in [6.45, 7) is 3.22. The van der Waals surface area contributed by atoms with E-state index in [9.17, 15) is 0 Å². The first-order valence-electron chi connectivity index (χ1n) is 8.10. The largest absolute Gasteiger partial charge is 0.497 e. The minimum Gasteiger partial charge on any atom is -0.497 e. The fourth-order valence-electron chi connectivity index (χ4n) is 3.17. The Kier molecular flexibility index (Phi) is 7.76. The SMILES string of the molecule is COc1cccc(/C(=C/CN(C)C)C(C)C(N(C)C)N(C)C)c1. The van der Waals surface area contributed by atoms with E-state index in [1.54, 1.807) is 7.11 Å². The number of benzene rings is 1. The highest BCUT2D eigenvalue weighted by molar-refractivity contribution is 5.69. The van der Waals surface area contributed by atoms with E-state index in [1.807, 2.05) is 6.07 Å². The molecule has 23 heavy (non-hydrogen) atoms. The molecular formula is C19H33N3O. The number of likely N-dealkylation sites (N-methyl/N-ethyl adjacent to an activating group) is 1. The van der Waals surface area contributed by atoms with Crippen LogP contribution < -0.4 is 4.74 Å². The highest BCUT2D eigenvalue weighted by Gasteiger charge is 2.25. The van der Waals surface area contributed by atoms with Crippen molar-refractivity contribution in [3.05, 3.63) is 35.9 Å². The second-order valence-corrected chi connectivity index (χ2v) is 6.78. The predicted octanol–water partition coefficient (Wildman–Crippen LogP) is 2.73. The first kappa shape index (κ1) is 19.7. The molecule has 0 amide bonds. The van der Waals surface area contributed by atoms with E-state index >= 15 is 0 Å². The van der Waals surface area contributed by atoms with Crippen LogP contribution in [0, 0.1) is 5.92 Å². The summed E-state index contributed by atoms with van der Waals surface area (Å²) in [6.07, 6.45) is 2.66. The van der Waals surface area contributed by atoms with Crippen molar-refractivity contribution in [1.29, 1.82) is 0 Å². The van der Waals surface area contributed by atoms with E-state index in [1.165, 1.54) is 11.1 Å². The van der Waals surface area contributed by atoms with Crippen LogP contribution in [0.5, 0.6) is 5.75 Å². The van der Waals surface area contributed by atoms with Gasteiger partial charge in [0.1, 0.15) is 5.75 Å². The van der Waals surface area contributed by atoms with Gasteiger partial charge in [-0.25, -0.2) is 0 Å². The quantitative estimate of drug-likeness (QED) is 0.686. The third-order valence-corrected chi connectivity index (χ3v) is 4.08. The molecule has 1 aromatic carbocycles. The molecule has 1 rings (SSSR count). The minimum atomic E-state index is 0.328. The van der Waals surface area contributed by atoms with Crippen LogP contribution in [0.1, 0.15) is 12.5 Å². The van der Waals surface area contributed by atoms with Crippen molar-refractivity contribution in [2.45, 2.75) is 13.1 Å². The lowest BCUT2D eigenvalue weighted by molar-refractivity contribution is 0.0995. The summed E-state index contributed by atoms with van der Waals surface area (Å²) in [6, 6.07) is 8.35. The van der Waals surface area contributed by atoms with Gasteiger partial charge in [0.25, 0.3) is 0 Å². The predicted molar refractivity (Wildman–Crippen MR) is 99.9 cm³/mol. The van der Waals surface area contributed by atoms with Gasteiger partial charge in [0.2, 0.25) is 0 Å². The Hall–Kier alpha value is -1.36. The van der Waals surface area contributed by atoms with Crippen molar-refractivity contribution in [2.24, 2.45) is 5.92 Å². The monoisotopic (exact) mass is 319 g/mol. The minimum absolute atomic E-state index is 0.328. The van der Waals surface area contributed by atoms with Gasteiger partial charge in [0, 0.05) is 12.5 Å². The molecule has 0 aliphatic heterocycles. The van der Waals surface area contributed by atoms with E-state index in [4.69, 9.17) is 4.74 Å². The Labute approximate surface area is 142 Å². The normalized spacial score (nSPS) is 14.2. The average Bonchev–Trinajstić information content (AvgIpc) is 2.46. The van der Waals surface area contributed by atoms with Gasteiger partial charge in [0.15, 0.2) is 0 Å². The zero-order valence-corrected chi connectivity index (χ0v) is 16.0. The summed E-state index contributed by atoms with van der Waals surface area (Å²) in [5, 5.41) is 0. The van der Waals surface area contributed by atoms with Gasteiger partial charge in [-0.1, -0.05) is 25.1 Å². The van der Waals surface area contributed by atoms with Gasteiger partial charge in [-0.2, -0.15) is 0 Å². The van der Waals surface area contributed by atoms with Crippen LogP contribution in [0.25, 0.3) is 5.57 Å². The van der Waals surface area contributed by atoms with Crippen LogP contribution in [0.3, 0.4) is 0 Å². The maximum atomic E-state index is 5.41. The van der Waals surface area contributed by atoms with Crippen molar-refractivity contribution < 1.29 is 4.74 Å². The van der Waals surface area contributed by atoms with Crippen molar-refractivity contribution in [3.8, 4) is 5.75 Å². The number of hydrogen-bond acceptors (Lipinski definition) is 4. The molecule has 0 aromatic heterocycles. The van der Waals surface area contributed by atoms with Gasteiger partial charge in [-0.3, -0.25) is 9.80 Å². The van der Waals surface area contributed by atoms with Crippen LogP contribution in [-0.4, -0.2) is 76.8 Å². The smallest absolute Gasteiger partial charge is 0.119 e. The molecule has 130 valence electrons. The van der Waals surface area contributed by atoms with Crippen molar-refractivity contribution in [2.75, 3.05) is 55.9 Å². The molecule has 0 N–H and O–H groups in total. The summed E-state index contributed by atoms with van der Waals surface area (Å²) in [4.78, 5) is 6.73. The standard InChI is InChI=1S/C19H33N3O/c1-15(19(21(4)5)22(6)7)18(12-13-20(2)3)16-10-9-11-17(14-16)23-8/h9-12,14-15,19H,13H2,1-8H3/b18-12+. The van der Waals surface area contributed by atoms with E-state index in [2.05, 4.69) is 88.2 Å². The van der Waals surface area contributed by atoms with Crippen molar-refractivity contribution in [3.63, 3.8) is 0 Å². The summed E-state index contributed by atoms with van der Waals surface area (Å²) in [7, 11) is 14.5. The number of ether oxygens (including phenoxy) is 1. The highest BCUT2D eigenvalue weighted by Crippen LogP contribution is 2.30. The van der Waals surface area contributed by atoms with E-state index in [0.717, 1.165) is 12.3 Å². The van der Waals surface area contributed by atoms with Crippen LogP contribution in [-0.2, 0) is 0 Å². The molecule has 4 heteroatoms. The molecule has 0 saturated carbocycles. The van der Waals surface area contributed by atoms with E-state index < -0.39 is 0 Å². The van der Waals surface area contributed by atoms with Gasteiger partial charge in [-0.05, 0) is 65.6 Å². The molecular weight excluding hydrogens is 286 g/mol. The maximum Gasteiger partial charge on any atom is 0.119 e. The van der Waals surface area contributed by atoms with Gasteiger partial charge >= 0.3 is 0 Å². The van der Waals surface area contributed by atoms with Crippen LogP contribution in [0.2, 0.25) is 0 Å². The molecule has 0 aliphatic carbocycles. The summed E-state index contributed by atoms with van der Waals surface area (Å²) in [5.41, 5.74) is 2.58. The Morgan fingerprint density at radius 3 is 2.17 bits per heavy atom. The number of rotatable bonds is 8. The molecule has 0 spiro atoms. The maximum absolute atomic E-state index is 5.41. The van der Waals surface area contributed by atoms with Crippen molar-refractivity contribution >= 4 is 5.57 Å². The topological polar surface area (TPSA) is 19.0 Å². The molecule has 0 aliphatic rings. The van der Waals surface area contributed by atoms with Crippen molar-refractivity contribution in [1.82, 2.24) is 14.7 Å². The molecule has 0 bridgehead atoms. The molecule has 0 radical (unpaired) electrons. The zero-order chi connectivity index (χ0) is 17.6. The first-order chi connectivity index (χ1) is 10.8. The molecule has 1 unspecified atom stereocenters. The average molecular weight is 319 g/mol. The molecule has 1 atom stereocenters. The fraction of sp³-hybridized carbons (Fsp3) is 0.579. The lowest BCUT2D eigenvalue weighted by atomic mass is 9.90. The molecule has 4 nitrogen and oxygen atoms in total. The number of nitrogens with zero attached hydrogens (tertiary/aromatic N) is 3. The van der Waals surface area contributed by atoms with Crippen LogP contribution >= 0.6 is 0 Å². The molecule has 0 saturated heterocycles. The Bertz CT molecular complexity index is 501. The number of methoxy groups -OCH3 is 1. The fourth-order valence-corrected chi connectivity index (χ4v) is 3.17. The number of hydrogen-bond donors (Lipinski definition) is 0. The Morgan fingerprint density at radius 1 is 1.09 bits per heavy atom. The summed E-state index contributed by atoms with van der Waals surface area (Å²) in [5.74, 6) is 1.27. The zero-order valence-electron chi connectivity index (χ0n) is 16.0. The lowest BCUT2D eigenvalue weighted by Crippen LogP contribution is -2.45. The summed E-state index contributed by atoms with van der Waals surface area (Å²) < 4.78 is 5.41. The van der Waals surface area contributed by atoms with Gasteiger partial charge in [0.05, 0.1) is 13.3 Å². The van der Waals surface area contributed by atoms with E-state index in [0.29, 0.717) is 12.1 Å². The Morgan fingerprint density at radius 2 is 1.70 bits per heavy atom. The third kappa shape index (κ3) is 5.65. The lowest BCUT2D eigenvalue weighted by Gasteiger charge is -2.37.